The lowest BCUT2D eigenvalue weighted by Gasteiger charge is -2.02. The van der Waals surface area contributed by atoms with Crippen molar-refractivity contribution in [1.82, 2.24) is 0 Å². The van der Waals surface area contributed by atoms with Crippen LogP contribution in [0.5, 0.6) is 0 Å². The lowest BCUT2D eigenvalue weighted by Crippen LogP contribution is -2.01. The van der Waals surface area contributed by atoms with Gasteiger partial charge in [-0.05, 0) is 23.5 Å². The third kappa shape index (κ3) is 14.4. The SMILES string of the molecule is C=CCOC(=O)SCCSC(=O)SCCSC(=O)OCC=C. The van der Waals surface area contributed by atoms with Crippen LogP contribution in [-0.4, -0.2) is 51.3 Å². The first kappa shape index (κ1) is 21.5. The molecule has 0 heterocycles. The molecule has 0 saturated heterocycles. The van der Waals surface area contributed by atoms with E-state index in [0.717, 1.165) is 47.0 Å². The second-order valence-electron chi connectivity index (χ2n) is 3.34. The van der Waals surface area contributed by atoms with Crippen molar-refractivity contribution < 1.29 is 23.9 Å². The van der Waals surface area contributed by atoms with Gasteiger partial charge in [0, 0.05) is 23.0 Å². The van der Waals surface area contributed by atoms with Gasteiger partial charge in [0.25, 0.3) is 0 Å². The number of carbonyl (C=O) groups is 3. The number of hydrogen-bond donors (Lipinski definition) is 0. The summed E-state index contributed by atoms with van der Waals surface area (Å²) in [6, 6.07) is 0. The summed E-state index contributed by atoms with van der Waals surface area (Å²) in [6.07, 6.45) is 3.00. The van der Waals surface area contributed by atoms with Gasteiger partial charge in [-0.3, -0.25) is 4.79 Å². The normalized spacial score (nSPS) is 9.82. The molecular formula is C13H18O5S4. The Balaban J connectivity index is 3.46. The van der Waals surface area contributed by atoms with E-state index < -0.39 is 0 Å². The summed E-state index contributed by atoms with van der Waals surface area (Å²) in [5, 5.41) is -0.731. The highest BCUT2D eigenvalue weighted by Crippen LogP contribution is 2.20. The maximum absolute atomic E-state index is 11.5. The van der Waals surface area contributed by atoms with Gasteiger partial charge in [-0.25, -0.2) is 9.59 Å². The zero-order valence-electron chi connectivity index (χ0n) is 12.0. The van der Waals surface area contributed by atoms with Crippen molar-refractivity contribution >= 4 is 62.1 Å². The van der Waals surface area contributed by atoms with E-state index >= 15 is 0 Å². The van der Waals surface area contributed by atoms with Crippen LogP contribution < -0.4 is 0 Å². The largest absolute Gasteiger partial charge is 0.453 e. The predicted molar refractivity (Wildman–Crippen MR) is 98.3 cm³/mol. The maximum atomic E-state index is 11.5. The molecule has 0 saturated carbocycles. The van der Waals surface area contributed by atoms with Crippen molar-refractivity contribution in [3.63, 3.8) is 0 Å². The summed E-state index contributed by atoms with van der Waals surface area (Å²) in [5.41, 5.74) is 0. The van der Waals surface area contributed by atoms with Crippen LogP contribution in [-0.2, 0) is 9.47 Å². The van der Waals surface area contributed by atoms with Crippen LogP contribution in [0.25, 0.3) is 0 Å². The second kappa shape index (κ2) is 15.4. The Kier molecular flexibility index (Phi) is 15.0. The van der Waals surface area contributed by atoms with Crippen molar-refractivity contribution in [2.75, 3.05) is 36.2 Å². The first-order valence-corrected chi connectivity index (χ1v) is 10.1. The van der Waals surface area contributed by atoms with Crippen molar-refractivity contribution in [3.8, 4) is 0 Å². The third-order valence-corrected chi connectivity index (χ3v) is 5.72. The van der Waals surface area contributed by atoms with Crippen LogP contribution in [0.2, 0.25) is 0 Å². The molecule has 0 aliphatic heterocycles. The van der Waals surface area contributed by atoms with Gasteiger partial charge in [0.2, 0.25) is 4.45 Å². The fourth-order valence-electron chi connectivity index (χ4n) is 0.879. The molecule has 0 unspecified atom stereocenters. The highest BCUT2D eigenvalue weighted by atomic mass is 32.2. The minimum atomic E-state index is -0.366. The van der Waals surface area contributed by atoms with E-state index in [2.05, 4.69) is 13.2 Å². The van der Waals surface area contributed by atoms with Gasteiger partial charge in [-0.1, -0.05) is 48.8 Å². The fraction of sp³-hybridized carbons (Fsp3) is 0.462. The van der Waals surface area contributed by atoms with Crippen molar-refractivity contribution in [2.45, 2.75) is 0 Å². The molecule has 0 fully saturated rings. The summed E-state index contributed by atoms with van der Waals surface area (Å²) < 4.78 is 9.54. The quantitative estimate of drug-likeness (QED) is 0.304. The van der Waals surface area contributed by atoms with E-state index in [0.29, 0.717) is 23.0 Å². The Labute approximate surface area is 147 Å². The molecule has 9 heteroatoms. The predicted octanol–water partition coefficient (Wildman–Crippen LogP) is 4.68. The number of rotatable bonds is 10. The van der Waals surface area contributed by atoms with Crippen LogP contribution >= 0.6 is 47.0 Å². The van der Waals surface area contributed by atoms with E-state index in [1.807, 2.05) is 0 Å². The standard InChI is InChI=1S/C13H18O5S4/c1-3-5-17-11(14)19-7-9-21-13(16)22-10-8-20-12(15)18-6-4-2/h3-4H,1-2,5-10H2. The van der Waals surface area contributed by atoms with E-state index in [1.165, 1.54) is 12.2 Å². The van der Waals surface area contributed by atoms with Gasteiger partial charge in [-0.2, -0.15) is 0 Å². The first-order valence-electron chi connectivity index (χ1n) is 6.20. The molecule has 0 aromatic heterocycles. The molecule has 5 nitrogen and oxygen atoms in total. The molecule has 124 valence electrons. The third-order valence-electron chi connectivity index (χ3n) is 1.68. The van der Waals surface area contributed by atoms with Crippen molar-refractivity contribution in [1.29, 1.82) is 0 Å². The lowest BCUT2D eigenvalue weighted by atomic mass is 10.7. The van der Waals surface area contributed by atoms with E-state index in [9.17, 15) is 14.4 Å². The Morgan fingerprint density at radius 3 is 1.45 bits per heavy atom. The zero-order valence-corrected chi connectivity index (χ0v) is 15.3. The molecule has 0 aromatic rings. The number of hydrogen-bond acceptors (Lipinski definition) is 9. The summed E-state index contributed by atoms with van der Waals surface area (Å²) in [5.74, 6) is 2.09. The Hall–Kier alpha value is -0.510. The van der Waals surface area contributed by atoms with Crippen LogP contribution in [0.1, 0.15) is 0 Å². The van der Waals surface area contributed by atoms with Crippen molar-refractivity contribution in [3.05, 3.63) is 25.3 Å². The molecular weight excluding hydrogens is 364 g/mol. The molecule has 0 rings (SSSR count). The average Bonchev–Trinajstić information content (AvgIpc) is 2.51. The Morgan fingerprint density at radius 1 is 0.727 bits per heavy atom. The van der Waals surface area contributed by atoms with Crippen LogP contribution in [0.15, 0.2) is 25.3 Å². The number of carbonyl (C=O) groups excluding carboxylic acids is 3. The molecule has 0 aliphatic carbocycles. The number of ether oxygens (including phenoxy) is 2. The van der Waals surface area contributed by atoms with Gasteiger partial charge in [0.1, 0.15) is 13.2 Å². The fourth-order valence-corrected chi connectivity index (χ4v) is 4.02. The van der Waals surface area contributed by atoms with Gasteiger partial charge in [0.15, 0.2) is 0 Å². The molecule has 0 radical (unpaired) electrons. The topological polar surface area (TPSA) is 69.7 Å². The minimum Gasteiger partial charge on any atom is -0.453 e. The number of thioether (sulfide) groups is 4. The van der Waals surface area contributed by atoms with Gasteiger partial charge < -0.3 is 9.47 Å². The van der Waals surface area contributed by atoms with Gasteiger partial charge >= 0.3 is 10.6 Å². The Bertz CT molecular complexity index is 353. The Morgan fingerprint density at radius 2 is 1.09 bits per heavy atom. The molecule has 0 atom stereocenters. The molecule has 0 aromatic carbocycles. The van der Waals surface area contributed by atoms with Crippen LogP contribution in [0.4, 0.5) is 14.4 Å². The summed E-state index contributed by atoms with van der Waals surface area (Å²) in [7, 11) is 0. The molecule has 0 N–H and O–H groups in total. The molecule has 0 amide bonds. The van der Waals surface area contributed by atoms with Gasteiger partial charge in [-0.15, -0.1) is 0 Å². The van der Waals surface area contributed by atoms with Gasteiger partial charge in [0.05, 0.1) is 0 Å². The molecule has 0 spiro atoms. The smallest absolute Gasteiger partial charge is 0.367 e. The zero-order chi connectivity index (χ0) is 16.6. The maximum Gasteiger partial charge on any atom is 0.367 e. The van der Waals surface area contributed by atoms with E-state index in [1.54, 1.807) is 0 Å². The second-order valence-corrected chi connectivity index (χ2v) is 7.80. The van der Waals surface area contributed by atoms with Crippen molar-refractivity contribution in [2.24, 2.45) is 0 Å². The highest BCUT2D eigenvalue weighted by Gasteiger charge is 2.08. The summed E-state index contributed by atoms with van der Waals surface area (Å²) >= 11 is 4.37. The average molecular weight is 383 g/mol. The summed E-state index contributed by atoms with van der Waals surface area (Å²) in [4.78, 5) is 33.8. The first-order chi connectivity index (χ1) is 10.6. The monoisotopic (exact) mass is 382 g/mol. The molecule has 0 aliphatic rings. The highest BCUT2D eigenvalue weighted by molar-refractivity contribution is 8.38. The minimum absolute atomic E-state index is 0.0277. The van der Waals surface area contributed by atoms with E-state index in [-0.39, 0.29) is 28.3 Å². The molecule has 0 bridgehead atoms. The van der Waals surface area contributed by atoms with E-state index in [4.69, 9.17) is 9.47 Å². The summed E-state index contributed by atoms with van der Waals surface area (Å²) in [6.45, 7) is 7.27. The lowest BCUT2D eigenvalue weighted by molar-refractivity contribution is 0.187. The van der Waals surface area contributed by atoms with Crippen LogP contribution in [0.3, 0.4) is 0 Å². The van der Waals surface area contributed by atoms with Crippen LogP contribution in [0, 0.1) is 0 Å². The molecule has 22 heavy (non-hydrogen) atoms.